The summed E-state index contributed by atoms with van der Waals surface area (Å²) in [5, 5.41) is 17.7. The Morgan fingerprint density at radius 3 is 2.63 bits per heavy atom. The van der Waals surface area contributed by atoms with Gasteiger partial charge in [-0.25, -0.2) is 0 Å². The molecule has 0 atom stereocenters. The summed E-state index contributed by atoms with van der Waals surface area (Å²) in [7, 11) is 0. The van der Waals surface area contributed by atoms with Gasteiger partial charge in [-0.05, 0) is 30.5 Å². The van der Waals surface area contributed by atoms with Gasteiger partial charge in [0, 0.05) is 25.2 Å². The highest BCUT2D eigenvalue weighted by Crippen LogP contribution is 2.23. The molecular weight excluding hydrogens is 236 g/mol. The Morgan fingerprint density at radius 1 is 1.26 bits per heavy atom. The van der Waals surface area contributed by atoms with E-state index >= 15 is 0 Å². The summed E-state index contributed by atoms with van der Waals surface area (Å²) in [5.41, 5.74) is 7.73. The summed E-state index contributed by atoms with van der Waals surface area (Å²) in [6.45, 7) is 2.67. The number of nitriles is 2. The van der Waals surface area contributed by atoms with E-state index in [1.54, 1.807) is 0 Å². The highest BCUT2D eigenvalue weighted by Gasteiger charge is 2.30. The third-order valence-corrected chi connectivity index (χ3v) is 3.75. The van der Waals surface area contributed by atoms with Crippen LogP contribution >= 0.6 is 0 Å². The van der Waals surface area contributed by atoms with Crippen LogP contribution < -0.4 is 5.73 Å². The van der Waals surface area contributed by atoms with Gasteiger partial charge < -0.3 is 5.73 Å². The van der Waals surface area contributed by atoms with E-state index in [1.165, 1.54) is 0 Å². The van der Waals surface area contributed by atoms with Crippen LogP contribution in [0.5, 0.6) is 0 Å². The first-order valence-corrected chi connectivity index (χ1v) is 6.52. The van der Waals surface area contributed by atoms with E-state index in [0.717, 1.165) is 38.0 Å². The highest BCUT2D eigenvalue weighted by molar-refractivity contribution is 5.32. The van der Waals surface area contributed by atoms with Gasteiger partial charge in [-0.1, -0.05) is 12.1 Å². The zero-order valence-electron chi connectivity index (χ0n) is 11.0. The van der Waals surface area contributed by atoms with Crippen molar-refractivity contribution in [3.05, 3.63) is 35.4 Å². The average molecular weight is 254 g/mol. The fourth-order valence-electron chi connectivity index (χ4n) is 2.49. The first-order valence-electron chi connectivity index (χ1n) is 6.52. The second-order valence-corrected chi connectivity index (χ2v) is 5.29. The lowest BCUT2D eigenvalue weighted by molar-refractivity contribution is 0.157. The first-order chi connectivity index (χ1) is 9.15. The van der Waals surface area contributed by atoms with E-state index in [2.05, 4.69) is 17.0 Å². The molecule has 1 heterocycles. The Bertz CT molecular complexity index is 516. The van der Waals surface area contributed by atoms with E-state index in [1.807, 2.05) is 24.3 Å². The van der Waals surface area contributed by atoms with Crippen LogP contribution in [0.3, 0.4) is 0 Å². The van der Waals surface area contributed by atoms with Gasteiger partial charge in [-0.2, -0.15) is 10.5 Å². The molecule has 0 amide bonds. The molecule has 4 nitrogen and oxygen atoms in total. The van der Waals surface area contributed by atoms with Gasteiger partial charge in [0.2, 0.25) is 0 Å². The number of nitrogens with two attached hydrogens (primary N) is 1. The van der Waals surface area contributed by atoms with Crippen LogP contribution in [0.4, 0.5) is 0 Å². The average Bonchev–Trinajstić information content (AvgIpc) is 2.42. The van der Waals surface area contributed by atoms with Gasteiger partial charge in [0.1, 0.15) is 0 Å². The van der Waals surface area contributed by atoms with E-state index in [-0.39, 0.29) is 5.54 Å². The molecule has 2 rings (SSSR count). The van der Waals surface area contributed by atoms with Crippen LogP contribution in [0.25, 0.3) is 0 Å². The van der Waals surface area contributed by atoms with Gasteiger partial charge in [0.05, 0.1) is 24.1 Å². The number of hydrogen-bond acceptors (Lipinski definition) is 4. The van der Waals surface area contributed by atoms with Gasteiger partial charge in [-0.3, -0.25) is 4.90 Å². The molecule has 1 aromatic carbocycles. The third-order valence-electron chi connectivity index (χ3n) is 3.75. The minimum atomic E-state index is -0.306. The molecule has 19 heavy (non-hydrogen) atoms. The maximum Gasteiger partial charge on any atom is 0.0991 e. The van der Waals surface area contributed by atoms with Crippen molar-refractivity contribution < 1.29 is 0 Å². The monoisotopic (exact) mass is 254 g/mol. The molecular formula is C15H18N4. The molecule has 0 radical (unpaired) electrons. The van der Waals surface area contributed by atoms with Crippen molar-refractivity contribution in [1.29, 1.82) is 10.5 Å². The summed E-state index contributed by atoms with van der Waals surface area (Å²) < 4.78 is 0. The predicted molar refractivity (Wildman–Crippen MR) is 72.8 cm³/mol. The molecule has 0 aliphatic carbocycles. The largest absolute Gasteiger partial charge is 0.324 e. The highest BCUT2D eigenvalue weighted by atomic mass is 15.1. The molecule has 1 aliphatic rings. The summed E-state index contributed by atoms with van der Waals surface area (Å²) in [6, 6.07) is 12.0. The summed E-state index contributed by atoms with van der Waals surface area (Å²) >= 11 is 0. The van der Waals surface area contributed by atoms with Crippen molar-refractivity contribution in [2.75, 3.05) is 13.1 Å². The molecule has 0 aromatic heterocycles. The SMILES string of the molecule is N#CCC1(N)CCN(Cc2cccc(C#N)c2)CC1. The Hall–Kier alpha value is -1.88. The van der Waals surface area contributed by atoms with Crippen molar-refractivity contribution in [3.63, 3.8) is 0 Å². The zero-order chi connectivity index (χ0) is 13.7. The first kappa shape index (κ1) is 13.5. The zero-order valence-corrected chi connectivity index (χ0v) is 11.0. The lowest BCUT2D eigenvalue weighted by atomic mass is 9.86. The van der Waals surface area contributed by atoms with Gasteiger partial charge in [0.25, 0.3) is 0 Å². The quantitative estimate of drug-likeness (QED) is 0.891. The second kappa shape index (κ2) is 5.84. The maximum atomic E-state index is 8.88. The predicted octanol–water partition coefficient (Wildman–Crippen LogP) is 1.77. The van der Waals surface area contributed by atoms with Crippen LogP contribution in [0.15, 0.2) is 24.3 Å². The molecule has 1 aromatic rings. The number of hydrogen-bond donors (Lipinski definition) is 1. The number of piperidine rings is 1. The smallest absolute Gasteiger partial charge is 0.0991 e. The normalized spacial score (nSPS) is 18.5. The summed E-state index contributed by atoms with van der Waals surface area (Å²) in [4.78, 5) is 2.33. The molecule has 1 aliphatic heterocycles. The molecule has 2 N–H and O–H groups in total. The topological polar surface area (TPSA) is 76.8 Å². The molecule has 4 heteroatoms. The Morgan fingerprint density at radius 2 is 2.00 bits per heavy atom. The van der Waals surface area contributed by atoms with Crippen molar-refractivity contribution in [3.8, 4) is 12.1 Å². The van der Waals surface area contributed by atoms with Gasteiger partial charge >= 0.3 is 0 Å². The van der Waals surface area contributed by atoms with Crippen LogP contribution in [0.2, 0.25) is 0 Å². The summed E-state index contributed by atoms with van der Waals surface area (Å²) in [6.07, 6.45) is 2.15. The fourth-order valence-corrected chi connectivity index (χ4v) is 2.49. The lowest BCUT2D eigenvalue weighted by Crippen LogP contribution is -2.49. The van der Waals surface area contributed by atoms with Crippen molar-refractivity contribution in [1.82, 2.24) is 4.90 Å². The number of nitrogens with zero attached hydrogens (tertiary/aromatic N) is 3. The van der Waals surface area contributed by atoms with Crippen LogP contribution in [-0.4, -0.2) is 23.5 Å². The molecule has 0 unspecified atom stereocenters. The Kier molecular flexibility index (Phi) is 4.16. The minimum Gasteiger partial charge on any atom is -0.324 e. The van der Waals surface area contributed by atoms with E-state index in [9.17, 15) is 0 Å². The standard InChI is InChI=1S/C15H18N4/c16-7-4-15(18)5-8-19(9-6-15)12-14-3-1-2-13(10-14)11-17/h1-3,10H,4-6,8-9,12,18H2. The van der Waals surface area contributed by atoms with Crippen LogP contribution in [-0.2, 0) is 6.54 Å². The summed E-state index contributed by atoms with van der Waals surface area (Å²) in [5.74, 6) is 0. The van der Waals surface area contributed by atoms with E-state index in [0.29, 0.717) is 12.0 Å². The van der Waals surface area contributed by atoms with E-state index < -0.39 is 0 Å². The molecule has 0 bridgehead atoms. The Labute approximate surface area is 114 Å². The van der Waals surface area contributed by atoms with Crippen LogP contribution in [0.1, 0.15) is 30.4 Å². The van der Waals surface area contributed by atoms with Crippen LogP contribution in [0, 0.1) is 22.7 Å². The third kappa shape index (κ3) is 3.54. The maximum absolute atomic E-state index is 8.88. The van der Waals surface area contributed by atoms with Crippen molar-refractivity contribution >= 4 is 0 Å². The fraction of sp³-hybridized carbons (Fsp3) is 0.467. The molecule has 1 fully saturated rings. The van der Waals surface area contributed by atoms with Crippen molar-refractivity contribution in [2.45, 2.75) is 31.3 Å². The number of likely N-dealkylation sites (tertiary alicyclic amines) is 1. The minimum absolute atomic E-state index is 0.306. The van der Waals surface area contributed by atoms with Crippen molar-refractivity contribution in [2.24, 2.45) is 5.73 Å². The molecule has 1 saturated heterocycles. The number of rotatable bonds is 3. The van der Waals surface area contributed by atoms with Gasteiger partial charge in [-0.15, -0.1) is 0 Å². The van der Waals surface area contributed by atoms with E-state index in [4.69, 9.17) is 16.3 Å². The second-order valence-electron chi connectivity index (χ2n) is 5.29. The molecule has 0 saturated carbocycles. The number of benzene rings is 1. The lowest BCUT2D eigenvalue weighted by Gasteiger charge is -2.37. The Balaban J connectivity index is 1.92. The molecule has 98 valence electrons. The molecule has 0 spiro atoms. The van der Waals surface area contributed by atoms with Gasteiger partial charge in [0.15, 0.2) is 0 Å².